The average Bonchev–Trinajstić information content (AvgIpc) is 3.05. The quantitative estimate of drug-likeness (QED) is 0.830. The van der Waals surface area contributed by atoms with Gasteiger partial charge in [-0.05, 0) is 25.8 Å². The number of nitrogens with two attached hydrogens (primary N) is 1. The minimum absolute atomic E-state index is 0.0791. The van der Waals surface area contributed by atoms with Crippen LogP contribution in [-0.4, -0.2) is 18.1 Å². The van der Waals surface area contributed by atoms with Crippen LogP contribution in [-0.2, 0) is 23.1 Å². The summed E-state index contributed by atoms with van der Waals surface area (Å²) in [5, 5.41) is 3.72. The fourth-order valence-corrected chi connectivity index (χ4v) is 3.29. The summed E-state index contributed by atoms with van der Waals surface area (Å²) < 4.78 is 34.1. The number of aromatic nitrogens is 2. The normalized spacial score (nSPS) is 15.5. The van der Waals surface area contributed by atoms with Crippen molar-refractivity contribution >= 4 is 10.0 Å². The van der Waals surface area contributed by atoms with Crippen LogP contribution >= 0.6 is 0 Å². The standard InChI is InChI=1S/C13H18N4O3S/c1-9-4-12(20-16-9)7-15-21(18,19)13-5-11(6-14)17(8-13)10-2-3-10/h4-5,8,10,15H,2-3,6-7,14H2,1H3. The van der Waals surface area contributed by atoms with E-state index in [1.807, 2.05) is 4.57 Å². The van der Waals surface area contributed by atoms with Gasteiger partial charge in [-0.2, -0.15) is 0 Å². The Hall–Kier alpha value is -1.64. The van der Waals surface area contributed by atoms with E-state index in [-0.39, 0.29) is 11.4 Å². The Labute approximate surface area is 123 Å². The maximum Gasteiger partial charge on any atom is 0.242 e. The highest BCUT2D eigenvalue weighted by atomic mass is 32.2. The third kappa shape index (κ3) is 3.02. The fraction of sp³-hybridized carbons (Fsp3) is 0.462. The van der Waals surface area contributed by atoms with Gasteiger partial charge in [0.05, 0.1) is 17.1 Å². The van der Waals surface area contributed by atoms with Crippen LogP contribution in [0.5, 0.6) is 0 Å². The number of hydrogen-bond donors (Lipinski definition) is 2. The molecule has 7 nitrogen and oxygen atoms in total. The van der Waals surface area contributed by atoms with Gasteiger partial charge in [0.15, 0.2) is 5.76 Å². The van der Waals surface area contributed by atoms with Gasteiger partial charge in [-0.3, -0.25) is 0 Å². The van der Waals surface area contributed by atoms with Crippen molar-refractivity contribution in [3.63, 3.8) is 0 Å². The molecular formula is C13H18N4O3S. The molecule has 1 aliphatic rings. The lowest BCUT2D eigenvalue weighted by Crippen LogP contribution is -2.22. The second-order valence-electron chi connectivity index (χ2n) is 5.27. The van der Waals surface area contributed by atoms with Crippen molar-refractivity contribution in [2.45, 2.75) is 43.8 Å². The second-order valence-corrected chi connectivity index (χ2v) is 7.04. The van der Waals surface area contributed by atoms with Gasteiger partial charge in [0.25, 0.3) is 0 Å². The zero-order chi connectivity index (χ0) is 15.0. The van der Waals surface area contributed by atoms with E-state index in [4.69, 9.17) is 10.3 Å². The maximum atomic E-state index is 12.3. The van der Waals surface area contributed by atoms with Crippen LogP contribution in [0.4, 0.5) is 0 Å². The molecule has 3 N–H and O–H groups in total. The van der Waals surface area contributed by atoms with Crippen LogP contribution < -0.4 is 10.5 Å². The van der Waals surface area contributed by atoms with Gasteiger partial charge in [0.2, 0.25) is 10.0 Å². The number of nitrogens with zero attached hydrogens (tertiary/aromatic N) is 2. The first kappa shape index (κ1) is 14.3. The van der Waals surface area contributed by atoms with Crippen molar-refractivity contribution in [3.05, 3.63) is 35.5 Å². The summed E-state index contributed by atoms with van der Waals surface area (Å²) >= 11 is 0. The van der Waals surface area contributed by atoms with E-state index >= 15 is 0 Å². The fourth-order valence-electron chi connectivity index (χ4n) is 2.25. The molecule has 21 heavy (non-hydrogen) atoms. The van der Waals surface area contributed by atoms with Gasteiger partial charge in [-0.1, -0.05) is 5.16 Å². The van der Waals surface area contributed by atoms with Crippen LogP contribution in [0.2, 0.25) is 0 Å². The minimum atomic E-state index is -3.58. The monoisotopic (exact) mass is 310 g/mol. The van der Waals surface area contributed by atoms with E-state index in [0.717, 1.165) is 24.2 Å². The highest BCUT2D eigenvalue weighted by molar-refractivity contribution is 7.89. The van der Waals surface area contributed by atoms with E-state index in [2.05, 4.69) is 9.88 Å². The zero-order valence-electron chi connectivity index (χ0n) is 11.7. The Morgan fingerprint density at radius 2 is 2.24 bits per heavy atom. The molecule has 0 saturated heterocycles. The summed E-state index contributed by atoms with van der Waals surface area (Å²) in [7, 11) is -3.58. The lowest BCUT2D eigenvalue weighted by molar-refractivity contribution is 0.377. The molecule has 0 bridgehead atoms. The predicted octanol–water partition coefficient (Wildman–Crippen LogP) is 1.06. The Kier molecular flexibility index (Phi) is 3.60. The number of sulfonamides is 1. The van der Waals surface area contributed by atoms with Crippen LogP contribution in [0.3, 0.4) is 0 Å². The highest BCUT2D eigenvalue weighted by Crippen LogP contribution is 2.37. The first-order valence-corrected chi connectivity index (χ1v) is 8.30. The van der Waals surface area contributed by atoms with E-state index in [0.29, 0.717) is 18.3 Å². The molecule has 0 atom stereocenters. The van der Waals surface area contributed by atoms with E-state index < -0.39 is 10.0 Å². The van der Waals surface area contributed by atoms with Crippen molar-refractivity contribution in [2.75, 3.05) is 0 Å². The molecule has 2 aromatic heterocycles. The number of aryl methyl sites for hydroxylation is 1. The molecule has 0 spiro atoms. The van der Waals surface area contributed by atoms with Crippen LogP contribution in [0.25, 0.3) is 0 Å². The summed E-state index contributed by atoms with van der Waals surface area (Å²) in [5.74, 6) is 0.483. The van der Waals surface area contributed by atoms with Crippen molar-refractivity contribution in [2.24, 2.45) is 5.73 Å². The summed E-state index contributed by atoms with van der Waals surface area (Å²) in [6, 6.07) is 3.72. The third-order valence-corrected chi connectivity index (χ3v) is 4.85. The predicted molar refractivity (Wildman–Crippen MR) is 75.9 cm³/mol. The van der Waals surface area contributed by atoms with Gasteiger partial charge in [0, 0.05) is 30.5 Å². The molecular weight excluding hydrogens is 292 g/mol. The lowest BCUT2D eigenvalue weighted by atomic mass is 10.4. The molecule has 114 valence electrons. The molecule has 1 aliphatic carbocycles. The number of nitrogens with one attached hydrogen (secondary N) is 1. The molecule has 0 radical (unpaired) electrons. The molecule has 1 fully saturated rings. The van der Waals surface area contributed by atoms with E-state index in [1.165, 1.54) is 0 Å². The average molecular weight is 310 g/mol. The lowest BCUT2D eigenvalue weighted by Gasteiger charge is -2.04. The third-order valence-electron chi connectivity index (χ3n) is 3.48. The molecule has 2 heterocycles. The van der Waals surface area contributed by atoms with Gasteiger partial charge in [-0.15, -0.1) is 0 Å². The minimum Gasteiger partial charge on any atom is -0.360 e. The Morgan fingerprint density at radius 1 is 1.48 bits per heavy atom. The topological polar surface area (TPSA) is 103 Å². The Balaban J connectivity index is 1.77. The molecule has 3 rings (SSSR count). The van der Waals surface area contributed by atoms with Crippen LogP contribution in [0.15, 0.2) is 27.7 Å². The molecule has 0 amide bonds. The summed E-state index contributed by atoms with van der Waals surface area (Å²) in [4.78, 5) is 0.242. The van der Waals surface area contributed by atoms with Gasteiger partial charge < -0.3 is 14.8 Å². The molecule has 2 aromatic rings. The smallest absolute Gasteiger partial charge is 0.242 e. The molecule has 8 heteroatoms. The van der Waals surface area contributed by atoms with Crippen molar-refractivity contribution in [3.8, 4) is 0 Å². The Bertz CT molecular complexity index is 743. The van der Waals surface area contributed by atoms with Gasteiger partial charge in [0.1, 0.15) is 0 Å². The van der Waals surface area contributed by atoms with Gasteiger partial charge in [-0.25, -0.2) is 13.1 Å². The highest BCUT2D eigenvalue weighted by Gasteiger charge is 2.27. The van der Waals surface area contributed by atoms with Crippen LogP contribution in [0, 0.1) is 6.92 Å². The van der Waals surface area contributed by atoms with E-state index in [1.54, 1.807) is 25.3 Å². The molecule has 0 aromatic carbocycles. The first-order chi connectivity index (χ1) is 9.99. The molecule has 0 unspecified atom stereocenters. The summed E-state index contributed by atoms with van der Waals surface area (Å²) in [5.41, 5.74) is 7.24. The molecule has 0 aliphatic heterocycles. The summed E-state index contributed by atoms with van der Waals surface area (Å²) in [6.45, 7) is 2.19. The largest absolute Gasteiger partial charge is 0.360 e. The molecule has 1 saturated carbocycles. The van der Waals surface area contributed by atoms with Gasteiger partial charge >= 0.3 is 0 Å². The number of rotatable bonds is 6. The summed E-state index contributed by atoms with van der Waals surface area (Å²) in [6.07, 6.45) is 3.81. The van der Waals surface area contributed by atoms with Crippen molar-refractivity contribution in [1.82, 2.24) is 14.4 Å². The zero-order valence-corrected chi connectivity index (χ0v) is 12.6. The maximum absolute atomic E-state index is 12.3. The van der Waals surface area contributed by atoms with Crippen molar-refractivity contribution in [1.29, 1.82) is 0 Å². The number of hydrogen-bond acceptors (Lipinski definition) is 5. The second kappa shape index (κ2) is 5.28. The van der Waals surface area contributed by atoms with Crippen LogP contribution in [0.1, 0.15) is 36.0 Å². The van der Waals surface area contributed by atoms with Crippen molar-refractivity contribution < 1.29 is 12.9 Å². The Morgan fingerprint density at radius 3 is 2.81 bits per heavy atom. The van der Waals surface area contributed by atoms with E-state index in [9.17, 15) is 8.42 Å². The SMILES string of the molecule is Cc1cc(CNS(=O)(=O)c2cc(CN)n(C3CC3)c2)on1. The first-order valence-electron chi connectivity index (χ1n) is 6.82.